The first kappa shape index (κ1) is 22.3. The molecule has 160 valence electrons. The lowest BCUT2D eigenvalue weighted by Crippen LogP contribution is -2.41. The Bertz CT molecular complexity index is 856. The molecule has 3 rings (SSSR count). The minimum atomic E-state index is -1.12. The quantitative estimate of drug-likeness (QED) is 0.447. The summed E-state index contributed by atoms with van der Waals surface area (Å²) in [4.78, 5) is 27.3. The number of carbonyl (C=O) groups excluding carboxylic acids is 2. The van der Waals surface area contributed by atoms with Gasteiger partial charge in [-0.1, -0.05) is 18.0 Å². The van der Waals surface area contributed by atoms with Crippen LogP contribution in [0, 0.1) is 0 Å². The van der Waals surface area contributed by atoms with Crippen molar-refractivity contribution in [1.29, 1.82) is 0 Å². The number of piperidine rings is 1. The van der Waals surface area contributed by atoms with Crippen molar-refractivity contribution < 1.29 is 19.1 Å². The Kier molecular flexibility index (Phi) is 7.51. The molecule has 0 radical (unpaired) electrons. The number of nitrogens with zero attached hydrogens (tertiary/aromatic N) is 1. The lowest BCUT2D eigenvalue weighted by molar-refractivity contribution is -0.159. The molecule has 1 aliphatic rings. The van der Waals surface area contributed by atoms with Crippen LogP contribution in [-0.2, 0) is 9.53 Å². The number of ether oxygens (including phenoxy) is 2. The third kappa shape index (κ3) is 6.07. The number of likely N-dealkylation sites (tertiary alicyclic amines) is 1. The minimum absolute atomic E-state index is 0.102. The Morgan fingerprint density at radius 1 is 0.933 bits per heavy atom. The van der Waals surface area contributed by atoms with Crippen LogP contribution in [0.1, 0.15) is 49.0 Å². The van der Waals surface area contributed by atoms with E-state index >= 15 is 0 Å². The van der Waals surface area contributed by atoms with Gasteiger partial charge in [0.15, 0.2) is 11.4 Å². The lowest BCUT2D eigenvalue weighted by atomic mass is 10.0. The molecule has 0 atom stereocenters. The van der Waals surface area contributed by atoms with E-state index < -0.39 is 11.6 Å². The van der Waals surface area contributed by atoms with Gasteiger partial charge in [-0.2, -0.15) is 0 Å². The SMILES string of the molecule is CC(C)(Oc1ccc(C(=O)c2ccc(Cl)cc2)cc1)C(=O)OCCN1CCCCC1. The molecule has 1 saturated heterocycles. The zero-order valence-corrected chi connectivity index (χ0v) is 18.3. The minimum Gasteiger partial charge on any atom is -0.476 e. The Hall–Kier alpha value is -2.37. The summed E-state index contributed by atoms with van der Waals surface area (Å²) in [5, 5.41) is 0.584. The number of benzene rings is 2. The van der Waals surface area contributed by atoms with Gasteiger partial charge in [0, 0.05) is 22.7 Å². The van der Waals surface area contributed by atoms with Gasteiger partial charge in [0.2, 0.25) is 0 Å². The van der Waals surface area contributed by atoms with E-state index in [1.807, 2.05) is 0 Å². The molecule has 2 aromatic rings. The highest BCUT2D eigenvalue weighted by molar-refractivity contribution is 6.30. The lowest BCUT2D eigenvalue weighted by Gasteiger charge is -2.28. The smallest absolute Gasteiger partial charge is 0.349 e. The summed E-state index contributed by atoms with van der Waals surface area (Å²) in [6, 6.07) is 13.5. The molecule has 2 aromatic carbocycles. The fraction of sp³-hybridized carbons (Fsp3) is 0.417. The normalized spacial score (nSPS) is 14.9. The van der Waals surface area contributed by atoms with Crippen molar-refractivity contribution in [3.63, 3.8) is 0 Å². The fourth-order valence-corrected chi connectivity index (χ4v) is 3.53. The average molecular weight is 430 g/mol. The van der Waals surface area contributed by atoms with Crippen molar-refractivity contribution in [2.24, 2.45) is 0 Å². The second kappa shape index (κ2) is 10.1. The van der Waals surface area contributed by atoms with Crippen LogP contribution in [-0.4, -0.2) is 48.5 Å². The number of hydrogen-bond donors (Lipinski definition) is 0. The monoisotopic (exact) mass is 429 g/mol. The molecule has 0 aliphatic carbocycles. The van der Waals surface area contributed by atoms with E-state index in [-0.39, 0.29) is 5.78 Å². The molecular formula is C24H28ClNO4. The Morgan fingerprint density at radius 3 is 2.10 bits per heavy atom. The van der Waals surface area contributed by atoms with E-state index in [0.717, 1.165) is 19.6 Å². The molecule has 6 heteroatoms. The molecular weight excluding hydrogens is 402 g/mol. The van der Waals surface area contributed by atoms with E-state index in [1.54, 1.807) is 62.4 Å². The second-order valence-corrected chi connectivity index (χ2v) is 8.45. The topological polar surface area (TPSA) is 55.8 Å². The van der Waals surface area contributed by atoms with Gasteiger partial charge in [-0.15, -0.1) is 0 Å². The third-order valence-electron chi connectivity index (χ3n) is 5.18. The summed E-state index contributed by atoms with van der Waals surface area (Å²) in [6.45, 7) is 6.62. The maximum Gasteiger partial charge on any atom is 0.349 e. The molecule has 0 aromatic heterocycles. The van der Waals surface area contributed by atoms with Crippen molar-refractivity contribution >= 4 is 23.4 Å². The largest absolute Gasteiger partial charge is 0.476 e. The van der Waals surface area contributed by atoms with Gasteiger partial charge in [-0.25, -0.2) is 4.79 Å². The molecule has 5 nitrogen and oxygen atoms in total. The molecule has 30 heavy (non-hydrogen) atoms. The third-order valence-corrected chi connectivity index (χ3v) is 5.43. The second-order valence-electron chi connectivity index (χ2n) is 8.01. The summed E-state index contributed by atoms with van der Waals surface area (Å²) in [5.74, 6) is -0.00365. The first-order chi connectivity index (χ1) is 14.3. The van der Waals surface area contributed by atoms with Crippen LogP contribution in [0.25, 0.3) is 0 Å². The summed E-state index contributed by atoms with van der Waals surface area (Å²) in [6.07, 6.45) is 3.69. The number of ketones is 1. The van der Waals surface area contributed by atoms with Gasteiger partial charge < -0.3 is 9.47 Å². The molecule has 0 amide bonds. The zero-order chi connectivity index (χ0) is 21.6. The van der Waals surface area contributed by atoms with Crippen molar-refractivity contribution in [2.45, 2.75) is 38.7 Å². The zero-order valence-electron chi connectivity index (χ0n) is 17.5. The van der Waals surface area contributed by atoms with E-state index in [0.29, 0.717) is 28.5 Å². The van der Waals surface area contributed by atoms with Crippen molar-refractivity contribution in [1.82, 2.24) is 4.90 Å². The fourth-order valence-electron chi connectivity index (χ4n) is 3.40. The van der Waals surface area contributed by atoms with Gasteiger partial charge in [0.05, 0.1) is 0 Å². The number of halogens is 1. The Morgan fingerprint density at radius 2 is 1.50 bits per heavy atom. The number of esters is 1. The van der Waals surface area contributed by atoms with Gasteiger partial charge in [0.1, 0.15) is 12.4 Å². The highest BCUT2D eigenvalue weighted by Gasteiger charge is 2.32. The van der Waals surface area contributed by atoms with E-state index in [1.165, 1.54) is 19.3 Å². The van der Waals surface area contributed by atoms with Gasteiger partial charge in [-0.05, 0) is 88.3 Å². The molecule has 0 N–H and O–H groups in total. The van der Waals surface area contributed by atoms with Crippen LogP contribution in [0.15, 0.2) is 48.5 Å². The molecule has 0 saturated carbocycles. The maximum atomic E-state index is 12.5. The van der Waals surface area contributed by atoms with Gasteiger partial charge >= 0.3 is 5.97 Å². The van der Waals surface area contributed by atoms with E-state index in [2.05, 4.69) is 4.90 Å². The van der Waals surface area contributed by atoms with Crippen LogP contribution in [0.4, 0.5) is 0 Å². The number of carbonyl (C=O) groups is 2. The first-order valence-corrected chi connectivity index (χ1v) is 10.7. The molecule has 1 aliphatic heterocycles. The van der Waals surface area contributed by atoms with Crippen LogP contribution >= 0.6 is 11.6 Å². The molecule has 1 fully saturated rings. The number of rotatable bonds is 8. The predicted octanol–water partition coefficient (Wildman–Crippen LogP) is 4.76. The van der Waals surface area contributed by atoms with Crippen molar-refractivity contribution in [3.8, 4) is 5.75 Å². The van der Waals surface area contributed by atoms with Crippen LogP contribution in [0.2, 0.25) is 5.02 Å². The summed E-state index contributed by atoms with van der Waals surface area (Å²) >= 11 is 5.87. The van der Waals surface area contributed by atoms with Crippen molar-refractivity contribution in [3.05, 3.63) is 64.7 Å². The van der Waals surface area contributed by atoms with Crippen LogP contribution in [0.5, 0.6) is 5.75 Å². The maximum absolute atomic E-state index is 12.5. The summed E-state index contributed by atoms with van der Waals surface area (Å²) in [7, 11) is 0. The van der Waals surface area contributed by atoms with Crippen molar-refractivity contribution in [2.75, 3.05) is 26.2 Å². The number of hydrogen-bond acceptors (Lipinski definition) is 5. The van der Waals surface area contributed by atoms with Crippen LogP contribution < -0.4 is 4.74 Å². The highest BCUT2D eigenvalue weighted by atomic mass is 35.5. The molecule has 0 bridgehead atoms. The van der Waals surface area contributed by atoms with Gasteiger partial charge in [0.25, 0.3) is 0 Å². The average Bonchev–Trinajstić information content (AvgIpc) is 2.75. The van der Waals surface area contributed by atoms with Gasteiger partial charge in [-0.3, -0.25) is 9.69 Å². The molecule has 0 spiro atoms. The predicted molar refractivity (Wildman–Crippen MR) is 117 cm³/mol. The Balaban J connectivity index is 1.53. The van der Waals surface area contributed by atoms with E-state index in [4.69, 9.17) is 21.1 Å². The van der Waals surface area contributed by atoms with E-state index in [9.17, 15) is 9.59 Å². The highest BCUT2D eigenvalue weighted by Crippen LogP contribution is 2.22. The Labute approximate surface area is 182 Å². The molecule has 1 heterocycles. The molecule has 0 unspecified atom stereocenters. The standard InChI is InChI=1S/C24H28ClNO4/c1-24(2,23(28)29-17-16-26-14-4-3-5-15-26)30-21-12-8-19(9-13-21)22(27)18-6-10-20(25)11-7-18/h6-13H,3-5,14-17H2,1-2H3. The summed E-state index contributed by atoms with van der Waals surface area (Å²) in [5.41, 5.74) is -0.0267. The van der Waals surface area contributed by atoms with Crippen LogP contribution in [0.3, 0.4) is 0 Å². The first-order valence-electron chi connectivity index (χ1n) is 10.3. The summed E-state index contributed by atoms with van der Waals surface area (Å²) < 4.78 is 11.3.